The molecule has 0 spiro atoms. The average Bonchev–Trinajstić information content (AvgIpc) is 2.64. The van der Waals surface area contributed by atoms with Crippen molar-refractivity contribution < 1.29 is 9.50 Å². The van der Waals surface area contributed by atoms with Gasteiger partial charge < -0.3 is 10.1 Å². The first-order chi connectivity index (χ1) is 7.04. The summed E-state index contributed by atoms with van der Waals surface area (Å²) in [5.41, 5.74) is 0.506. The normalized spacial score (nSPS) is 12.3. The number of aliphatic hydroxyl groups is 1. The Morgan fingerprint density at radius 2 is 2.20 bits per heavy atom. The number of rotatable bonds is 2. The first-order valence-electron chi connectivity index (χ1n) is 4.80. The van der Waals surface area contributed by atoms with Gasteiger partial charge in [0.15, 0.2) is 5.82 Å². The summed E-state index contributed by atoms with van der Waals surface area (Å²) < 4.78 is 13.3. The minimum absolute atomic E-state index is 0.0333. The van der Waals surface area contributed by atoms with Gasteiger partial charge in [0, 0.05) is 5.41 Å². The average molecular weight is 208 g/mol. The maximum atomic E-state index is 13.3. The second-order valence-corrected chi connectivity index (χ2v) is 4.26. The molecule has 0 unspecified atom stereocenters. The van der Waals surface area contributed by atoms with Crippen LogP contribution in [0.4, 0.5) is 4.39 Å². The van der Waals surface area contributed by atoms with Gasteiger partial charge in [-0.25, -0.2) is 9.37 Å². The van der Waals surface area contributed by atoms with E-state index in [0.29, 0.717) is 16.9 Å². The summed E-state index contributed by atoms with van der Waals surface area (Å²) in [6, 6.07) is 4.77. The zero-order valence-corrected chi connectivity index (χ0v) is 8.71. The zero-order chi connectivity index (χ0) is 11.1. The molecule has 2 aromatic rings. The quantitative estimate of drug-likeness (QED) is 0.792. The molecule has 3 nitrogen and oxygen atoms in total. The standard InChI is InChI=1S/C11H13FN2O/c1-11(2,6-15)10-13-8-5-3-4-7(12)9(8)14-10/h3-5,15H,6H2,1-2H3,(H,13,14). The van der Waals surface area contributed by atoms with Crippen LogP contribution in [-0.4, -0.2) is 21.7 Å². The molecule has 0 saturated heterocycles. The van der Waals surface area contributed by atoms with Crippen molar-refractivity contribution in [1.29, 1.82) is 0 Å². The molecule has 15 heavy (non-hydrogen) atoms. The van der Waals surface area contributed by atoms with Crippen molar-refractivity contribution in [2.75, 3.05) is 6.61 Å². The van der Waals surface area contributed by atoms with Crippen molar-refractivity contribution in [3.63, 3.8) is 0 Å². The number of hydrogen-bond donors (Lipinski definition) is 2. The summed E-state index contributed by atoms with van der Waals surface area (Å²) in [4.78, 5) is 7.18. The van der Waals surface area contributed by atoms with Gasteiger partial charge in [0.1, 0.15) is 11.3 Å². The molecule has 0 atom stereocenters. The number of fused-ring (bicyclic) bond motifs is 1. The lowest BCUT2D eigenvalue weighted by Crippen LogP contribution is -2.23. The minimum atomic E-state index is -0.481. The van der Waals surface area contributed by atoms with Crippen LogP contribution in [0.25, 0.3) is 11.0 Å². The second-order valence-electron chi connectivity index (χ2n) is 4.26. The van der Waals surface area contributed by atoms with Gasteiger partial charge in [0.05, 0.1) is 12.1 Å². The summed E-state index contributed by atoms with van der Waals surface area (Å²) in [6.45, 7) is 3.67. The fourth-order valence-corrected chi connectivity index (χ4v) is 1.39. The Morgan fingerprint density at radius 1 is 1.47 bits per heavy atom. The Balaban J connectivity index is 2.62. The fraction of sp³-hybridized carbons (Fsp3) is 0.364. The van der Waals surface area contributed by atoms with Gasteiger partial charge in [-0.3, -0.25) is 0 Å². The first kappa shape index (κ1) is 10.1. The van der Waals surface area contributed by atoms with Crippen LogP contribution in [-0.2, 0) is 5.41 Å². The summed E-state index contributed by atoms with van der Waals surface area (Å²) >= 11 is 0. The van der Waals surface area contributed by atoms with Gasteiger partial charge in [0.25, 0.3) is 0 Å². The molecule has 2 N–H and O–H groups in total. The van der Waals surface area contributed by atoms with Crippen LogP contribution in [0, 0.1) is 5.82 Å². The molecule has 0 amide bonds. The monoisotopic (exact) mass is 208 g/mol. The lowest BCUT2D eigenvalue weighted by molar-refractivity contribution is 0.212. The van der Waals surface area contributed by atoms with E-state index in [4.69, 9.17) is 0 Å². The summed E-state index contributed by atoms with van der Waals surface area (Å²) in [5.74, 6) is 0.258. The number of benzene rings is 1. The Kier molecular flexibility index (Phi) is 2.23. The number of aromatic amines is 1. The van der Waals surface area contributed by atoms with E-state index in [2.05, 4.69) is 9.97 Å². The van der Waals surface area contributed by atoms with Gasteiger partial charge in [-0.15, -0.1) is 0 Å². The van der Waals surface area contributed by atoms with Gasteiger partial charge >= 0.3 is 0 Å². The van der Waals surface area contributed by atoms with E-state index >= 15 is 0 Å². The van der Waals surface area contributed by atoms with Gasteiger partial charge in [0.2, 0.25) is 0 Å². The van der Waals surface area contributed by atoms with Gasteiger partial charge in [-0.2, -0.15) is 0 Å². The largest absolute Gasteiger partial charge is 0.395 e. The van der Waals surface area contributed by atoms with E-state index in [1.54, 1.807) is 12.1 Å². The minimum Gasteiger partial charge on any atom is -0.395 e. The van der Waals surface area contributed by atoms with Crippen LogP contribution in [0.2, 0.25) is 0 Å². The summed E-state index contributed by atoms with van der Waals surface area (Å²) in [7, 11) is 0. The topological polar surface area (TPSA) is 48.9 Å². The van der Waals surface area contributed by atoms with Crippen LogP contribution >= 0.6 is 0 Å². The van der Waals surface area contributed by atoms with E-state index in [9.17, 15) is 9.50 Å². The third-order valence-electron chi connectivity index (χ3n) is 2.50. The number of aromatic nitrogens is 2. The Labute approximate surface area is 87.0 Å². The number of imidazole rings is 1. The molecule has 1 aromatic heterocycles. The van der Waals surface area contributed by atoms with Crippen molar-refractivity contribution in [3.05, 3.63) is 29.8 Å². The first-order valence-corrected chi connectivity index (χ1v) is 4.80. The molecule has 0 saturated carbocycles. The molecule has 4 heteroatoms. The number of halogens is 1. The smallest absolute Gasteiger partial charge is 0.151 e. The highest BCUT2D eigenvalue weighted by Crippen LogP contribution is 2.23. The number of nitrogens with zero attached hydrogens (tertiary/aromatic N) is 1. The number of hydrogen-bond acceptors (Lipinski definition) is 2. The maximum absolute atomic E-state index is 13.3. The third-order valence-corrected chi connectivity index (χ3v) is 2.50. The molecule has 80 valence electrons. The summed E-state index contributed by atoms with van der Waals surface area (Å²) in [5, 5.41) is 9.19. The lowest BCUT2D eigenvalue weighted by atomic mass is 9.94. The van der Waals surface area contributed by atoms with Crippen molar-refractivity contribution in [2.45, 2.75) is 19.3 Å². The van der Waals surface area contributed by atoms with Crippen molar-refractivity contribution in [3.8, 4) is 0 Å². The molecule has 0 aliphatic carbocycles. The predicted molar refractivity (Wildman–Crippen MR) is 56.2 cm³/mol. The van der Waals surface area contributed by atoms with Crippen LogP contribution in [0.5, 0.6) is 0 Å². The van der Waals surface area contributed by atoms with Crippen LogP contribution in [0.3, 0.4) is 0 Å². The van der Waals surface area contributed by atoms with Crippen molar-refractivity contribution in [1.82, 2.24) is 9.97 Å². The molecule has 0 aliphatic rings. The molecule has 1 aromatic carbocycles. The van der Waals surface area contributed by atoms with Crippen molar-refractivity contribution >= 4 is 11.0 Å². The van der Waals surface area contributed by atoms with E-state index in [-0.39, 0.29) is 12.4 Å². The molecule has 1 heterocycles. The SMILES string of the molecule is CC(C)(CO)c1nc2c(F)cccc2[nH]1. The van der Waals surface area contributed by atoms with Crippen LogP contribution in [0.1, 0.15) is 19.7 Å². The molecule has 0 radical (unpaired) electrons. The van der Waals surface area contributed by atoms with Crippen molar-refractivity contribution in [2.24, 2.45) is 0 Å². The molecule has 0 aliphatic heterocycles. The zero-order valence-electron chi connectivity index (χ0n) is 8.71. The highest BCUT2D eigenvalue weighted by Gasteiger charge is 2.23. The molecule has 2 rings (SSSR count). The molecular weight excluding hydrogens is 195 g/mol. The number of H-pyrrole nitrogens is 1. The van der Waals surface area contributed by atoms with Gasteiger partial charge in [-0.05, 0) is 12.1 Å². The molecule has 0 fully saturated rings. The Bertz CT molecular complexity index is 490. The number of aliphatic hydroxyl groups excluding tert-OH is 1. The fourth-order valence-electron chi connectivity index (χ4n) is 1.39. The highest BCUT2D eigenvalue weighted by atomic mass is 19.1. The van der Waals surface area contributed by atoms with Gasteiger partial charge in [-0.1, -0.05) is 19.9 Å². The van der Waals surface area contributed by atoms with E-state index in [1.165, 1.54) is 6.07 Å². The van der Waals surface area contributed by atoms with Crippen LogP contribution in [0.15, 0.2) is 18.2 Å². The van der Waals surface area contributed by atoms with E-state index < -0.39 is 5.41 Å². The Morgan fingerprint density at radius 3 is 2.80 bits per heavy atom. The number of nitrogens with one attached hydrogen (secondary N) is 1. The maximum Gasteiger partial charge on any atom is 0.151 e. The van der Waals surface area contributed by atoms with E-state index in [0.717, 1.165) is 0 Å². The number of para-hydroxylation sites is 1. The van der Waals surface area contributed by atoms with E-state index in [1.807, 2.05) is 13.8 Å². The third kappa shape index (κ3) is 1.61. The Hall–Kier alpha value is -1.42. The molecular formula is C11H13FN2O. The molecule has 0 bridgehead atoms. The second kappa shape index (κ2) is 3.31. The summed E-state index contributed by atoms with van der Waals surface area (Å²) in [6.07, 6.45) is 0. The highest BCUT2D eigenvalue weighted by molar-refractivity contribution is 5.75. The lowest BCUT2D eigenvalue weighted by Gasteiger charge is -2.17. The predicted octanol–water partition coefficient (Wildman–Crippen LogP) is 1.97. The van der Waals surface area contributed by atoms with Crippen LogP contribution < -0.4 is 0 Å².